The molecule has 31 heavy (non-hydrogen) atoms. The van der Waals surface area contributed by atoms with Crippen LogP contribution in [0.4, 0.5) is 18.6 Å². The van der Waals surface area contributed by atoms with Crippen LogP contribution in [0, 0.1) is 11.6 Å². The topological polar surface area (TPSA) is 129 Å². The minimum atomic E-state index is -1.38. The van der Waals surface area contributed by atoms with Gasteiger partial charge in [0.1, 0.15) is 23.2 Å². The number of aromatic amines is 1. The lowest BCUT2D eigenvalue weighted by Crippen LogP contribution is -2.30. The second-order valence-corrected chi connectivity index (χ2v) is 7.16. The lowest BCUT2D eigenvalue weighted by Gasteiger charge is -2.09. The Morgan fingerprint density at radius 2 is 2.00 bits per heavy atom. The Bertz CT molecular complexity index is 1070. The minimum Gasteiger partial charge on any atom is -0.477 e. The molecule has 0 aliphatic carbocycles. The van der Waals surface area contributed by atoms with E-state index in [0.717, 1.165) is 17.8 Å². The van der Waals surface area contributed by atoms with Gasteiger partial charge in [-0.3, -0.25) is 5.32 Å². The Morgan fingerprint density at radius 3 is 2.68 bits per heavy atom. The molecule has 0 saturated carbocycles. The number of anilines is 1. The van der Waals surface area contributed by atoms with E-state index < -0.39 is 30.2 Å². The molecule has 3 rings (SSSR count). The number of imidazole rings is 1. The first-order chi connectivity index (χ1) is 14.9. The molecule has 2 heterocycles. The number of carbonyl (C=O) groups excluding carboxylic acids is 1. The Labute approximate surface area is 179 Å². The second-order valence-electron chi connectivity index (χ2n) is 6.38. The SMILES string of the molecule is CCc1cc(F)c(COc2nsc(NC(=O)NCCc3cnc[nH]3)c2C(=O)O)cc1F. The van der Waals surface area contributed by atoms with Crippen molar-refractivity contribution in [2.45, 2.75) is 26.4 Å². The summed E-state index contributed by atoms with van der Waals surface area (Å²) in [5, 5.41) is 14.4. The number of hydrogen-bond donors (Lipinski definition) is 4. The summed E-state index contributed by atoms with van der Waals surface area (Å²) in [6.45, 7) is 1.56. The number of carboxylic acids is 1. The van der Waals surface area contributed by atoms with Crippen LogP contribution in [0.15, 0.2) is 24.7 Å². The molecule has 0 fully saturated rings. The number of nitrogens with zero attached hydrogens (tertiary/aromatic N) is 2. The third-order valence-corrected chi connectivity index (χ3v) is 5.04. The van der Waals surface area contributed by atoms with Crippen molar-refractivity contribution >= 4 is 28.5 Å². The summed E-state index contributed by atoms with van der Waals surface area (Å²) in [5.74, 6) is -2.93. The zero-order valence-corrected chi connectivity index (χ0v) is 17.2. The Hall–Kier alpha value is -3.54. The molecule has 0 spiro atoms. The van der Waals surface area contributed by atoms with Gasteiger partial charge in [-0.25, -0.2) is 23.4 Å². The second kappa shape index (κ2) is 9.98. The highest BCUT2D eigenvalue weighted by molar-refractivity contribution is 7.11. The molecule has 1 aromatic carbocycles. The van der Waals surface area contributed by atoms with Gasteiger partial charge < -0.3 is 20.1 Å². The van der Waals surface area contributed by atoms with E-state index in [1.807, 2.05) is 0 Å². The van der Waals surface area contributed by atoms with E-state index in [1.165, 1.54) is 6.33 Å². The maximum Gasteiger partial charge on any atom is 0.344 e. The molecular formula is C19H19F2N5O4S. The van der Waals surface area contributed by atoms with E-state index in [-0.39, 0.29) is 34.1 Å². The fourth-order valence-electron chi connectivity index (χ4n) is 2.68. The standard InChI is InChI=1S/C19H19F2N5O4S/c1-2-10-5-14(21)11(6-13(10)20)8-30-16-15(18(27)28)17(31-26-16)25-19(29)23-4-3-12-7-22-9-24-12/h5-7,9H,2-4,8H2,1H3,(H,22,24)(H,27,28)(H2,23,25,29). The number of halogens is 2. The van der Waals surface area contributed by atoms with Gasteiger partial charge in [0.05, 0.1) is 6.33 Å². The number of aromatic nitrogens is 3. The Balaban J connectivity index is 1.64. The summed E-state index contributed by atoms with van der Waals surface area (Å²) in [5.41, 5.74) is 0.603. The number of aryl methyl sites for hydroxylation is 1. The average molecular weight is 451 g/mol. The van der Waals surface area contributed by atoms with Crippen LogP contribution >= 0.6 is 11.5 Å². The number of ether oxygens (including phenoxy) is 1. The number of rotatable bonds is 9. The van der Waals surface area contributed by atoms with Crippen LogP contribution in [0.5, 0.6) is 5.88 Å². The highest BCUT2D eigenvalue weighted by Gasteiger charge is 2.24. The first kappa shape index (κ1) is 22.2. The minimum absolute atomic E-state index is 0.0467. The summed E-state index contributed by atoms with van der Waals surface area (Å²) >= 11 is 0.701. The zero-order valence-electron chi connectivity index (χ0n) is 16.4. The molecule has 12 heteroatoms. The third-order valence-electron chi connectivity index (χ3n) is 4.30. The summed E-state index contributed by atoms with van der Waals surface area (Å²) < 4.78 is 37.2. The molecule has 0 radical (unpaired) electrons. The molecule has 2 aromatic heterocycles. The molecule has 0 unspecified atom stereocenters. The number of hydrogen-bond acceptors (Lipinski definition) is 6. The van der Waals surface area contributed by atoms with Crippen molar-refractivity contribution in [3.05, 3.63) is 58.7 Å². The van der Waals surface area contributed by atoms with E-state index in [2.05, 4.69) is 25.0 Å². The number of carboxylic acid groups (broad SMARTS) is 1. The predicted molar refractivity (Wildman–Crippen MR) is 108 cm³/mol. The van der Waals surface area contributed by atoms with Crippen molar-refractivity contribution < 1.29 is 28.2 Å². The monoisotopic (exact) mass is 451 g/mol. The van der Waals surface area contributed by atoms with Gasteiger partial charge in [-0.2, -0.15) is 4.37 Å². The summed E-state index contributed by atoms with van der Waals surface area (Å²) in [7, 11) is 0. The van der Waals surface area contributed by atoms with E-state index in [4.69, 9.17) is 4.74 Å². The quantitative estimate of drug-likeness (QED) is 0.395. The molecule has 9 nitrogen and oxygen atoms in total. The summed E-state index contributed by atoms with van der Waals surface area (Å²) in [6.07, 6.45) is 3.98. The van der Waals surface area contributed by atoms with Gasteiger partial charge >= 0.3 is 12.0 Å². The predicted octanol–water partition coefficient (Wildman–Crippen LogP) is 3.35. The molecule has 164 valence electrons. The van der Waals surface area contributed by atoms with Gasteiger partial charge in [0.25, 0.3) is 0 Å². The first-order valence-corrected chi connectivity index (χ1v) is 10.0. The fraction of sp³-hybridized carbons (Fsp3) is 0.263. The van der Waals surface area contributed by atoms with Gasteiger partial charge in [-0.05, 0) is 35.6 Å². The van der Waals surface area contributed by atoms with Crippen molar-refractivity contribution in [3.63, 3.8) is 0 Å². The third kappa shape index (κ3) is 5.54. The number of urea groups is 1. The lowest BCUT2D eigenvalue weighted by molar-refractivity contribution is 0.0693. The number of benzene rings is 1. The van der Waals surface area contributed by atoms with Crippen molar-refractivity contribution in [2.75, 3.05) is 11.9 Å². The van der Waals surface area contributed by atoms with Gasteiger partial charge in [0.2, 0.25) is 5.88 Å². The number of carbonyl (C=O) groups is 2. The molecular weight excluding hydrogens is 432 g/mol. The number of H-pyrrole nitrogens is 1. The maximum atomic E-state index is 14.1. The van der Waals surface area contributed by atoms with Crippen molar-refractivity contribution in [3.8, 4) is 5.88 Å². The average Bonchev–Trinajstić information content (AvgIpc) is 3.38. The van der Waals surface area contributed by atoms with Crippen LogP contribution in [-0.4, -0.2) is 38.0 Å². The van der Waals surface area contributed by atoms with E-state index in [9.17, 15) is 23.5 Å². The van der Waals surface area contributed by atoms with E-state index in [0.29, 0.717) is 24.4 Å². The van der Waals surface area contributed by atoms with E-state index in [1.54, 1.807) is 13.1 Å². The highest BCUT2D eigenvalue weighted by atomic mass is 32.1. The lowest BCUT2D eigenvalue weighted by atomic mass is 10.1. The van der Waals surface area contributed by atoms with Crippen molar-refractivity contribution in [2.24, 2.45) is 0 Å². The van der Waals surface area contributed by atoms with Crippen LogP contribution in [0.3, 0.4) is 0 Å². The van der Waals surface area contributed by atoms with Crippen LogP contribution < -0.4 is 15.4 Å². The van der Waals surface area contributed by atoms with Crippen LogP contribution in [0.25, 0.3) is 0 Å². The smallest absolute Gasteiger partial charge is 0.344 e. The van der Waals surface area contributed by atoms with Gasteiger partial charge in [-0.1, -0.05) is 6.92 Å². The highest BCUT2D eigenvalue weighted by Crippen LogP contribution is 2.31. The fourth-order valence-corrected chi connectivity index (χ4v) is 3.41. The number of nitrogens with one attached hydrogen (secondary N) is 3. The largest absolute Gasteiger partial charge is 0.477 e. The van der Waals surface area contributed by atoms with Gasteiger partial charge in [0, 0.05) is 30.4 Å². The molecule has 0 saturated heterocycles. The number of aromatic carboxylic acids is 1. The van der Waals surface area contributed by atoms with Crippen LogP contribution in [0.1, 0.15) is 34.1 Å². The van der Waals surface area contributed by atoms with Crippen molar-refractivity contribution in [1.29, 1.82) is 0 Å². The molecule has 4 N–H and O–H groups in total. The van der Waals surface area contributed by atoms with Crippen molar-refractivity contribution in [1.82, 2.24) is 19.7 Å². The summed E-state index contributed by atoms with van der Waals surface area (Å²) in [6, 6.07) is 1.46. The molecule has 3 aromatic rings. The maximum absolute atomic E-state index is 14.1. The van der Waals surface area contributed by atoms with E-state index >= 15 is 0 Å². The van der Waals surface area contributed by atoms with Gasteiger partial charge in [-0.15, -0.1) is 0 Å². The molecule has 0 atom stereocenters. The molecule has 0 aliphatic heterocycles. The Kier molecular flexibility index (Phi) is 7.13. The first-order valence-electron chi connectivity index (χ1n) is 9.23. The number of amides is 2. The Morgan fingerprint density at radius 1 is 1.26 bits per heavy atom. The normalized spacial score (nSPS) is 10.7. The van der Waals surface area contributed by atoms with Gasteiger partial charge in [0.15, 0.2) is 5.56 Å². The summed E-state index contributed by atoms with van der Waals surface area (Å²) in [4.78, 5) is 30.5. The molecule has 0 aliphatic rings. The zero-order chi connectivity index (χ0) is 22.4. The molecule has 0 bridgehead atoms. The van der Waals surface area contributed by atoms with Crippen LogP contribution in [0.2, 0.25) is 0 Å². The van der Waals surface area contributed by atoms with Crippen LogP contribution in [-0.2, 0) is 19.4 Å². The molecule has 2 amide bonds.